The molecule has 3 N–H and O–H groups in total. The molecule has 2 aromatic carbocycles. The Labute approximate surface area is 181 Å². The van der Waals surface area contributed by atoms with Crippen LogP contribution >= 0.6 is 0 Å². The van der Waals surface area contributed by atoms with Crippen LogP contribution in [0.2, 0.25) is 0 Å². The summed E-state index contributed by atoms with van der Waals surface area (Å²) in [7, 11) is 0. The molecule has 0 aliphatic heterocycles. The molecule has 2 aromatic rings. The van der Waals surface area contributed by atoms with E-state index in [0.29, 0.717) is 18.7 Å². The molecule has 0 saturated heterocycles. The highest BCUT2D eigenvalue weighted by atomic mass is 16.5. The van der Waals surface area contributed by atoms with Gasteiger partial charge in [0.1, 0.15) is 18.5 Å². The van der Waals surface area contributed by atoms with Gasteiger partial charge in [-0.1, -0.05) is 37.3 Å². The first kappa shape index (κ1) is 24.2. The maximum absolute atomic E-state index is 10.8. The number of ether oxygens (including phenoxy) is 1. The summed E-state index contributed by atoms with van der Waals surface area (Å²) in [4.78, 5) is 2.32. The zero-order valence-electron chi connectivity index (χ0n) is 18.7. The normalized spacial score (nSPS) is 13.1. The van der Waals surface area contributed by atoms with Gasteiger partial charge in [0, 0.05) is 30.9 Å². The predicted octanol–water partition coefficient (Wildman–Crippen LogP) is 3.94. The number of anilines is 1. The van der Waals surface area contributed by atoms with Crippen LogP contribution in [0.15, 0.2) is 48.5 Å². The first-order valence-electron chi connectivity index (χ1n) is 11.2. The van der Waals surface area contributed by atoms with E-state index in [9.17, 15) is 10.2 Å². The molecule has 5 nitrogen and oxygen atoms in total. The van der Waals surface area contributed by atoms with Gasteiger partial charge in [-0.2, -0.15) is 0 Å². The van der Waals surface area contributed by atoms with Gasteiger partial charge in [-0.15, -0.1) is 0 Å². The summed E-state index contributed by atoms with van der Waals surface area (Å²) in [5.41, 5.74) is 3.21. The summed E-state index contributed by atoms with van der Waals surface area (Å²) < 4.78 is 5.81. The molecule has 2 rings (SSSR count). The topological polar surface area (TPSA) is 65.0 Å². The van der Waals surface area contributed by atoms with Crippen molar-refractivity contribution in [1.82, 2.24) is 5.32 Å². The highest BCUT2D eigenvalue weighted by Crippen LogP contribution is 2.28. The minimum absolute atomic E-state index is 0.202. The molecule has 5 heteroatoms. The van der Waals surface area contributed by atoms with Crippen molar-refractivity contribution in [2.24, 2.45) is 0 Å². The van der Waals surface area contributed by atoms with E-state index < -0.39 is 12.2 Å². The van der Waals surface area contributed by atoms with Gasteiger partial charge >= 0.3 is 0 Å². The number of nitrogens with one attached hydrogen (secondary N) is 1. The smallest absolute Gasteiger partial charge is 0.125 e. The van der Waals surface area contributed by atoms with Crippen LogP contribution in [-0.2, 0) is 6.42 Å². The van der Waals surface area contributed by atoms with Crippen LogP contribution < -0.4 is 15.0 Å². The van der Waals surface area contributed by atoms with Gasteiger partial charge in [0.2, 0.25) is 0 Å². The molecule has 0 radical (unpaired) electrons. The third-order valence-electron chi connectivity index (χ3n) is 5.29. The number of aryl methyl sites for hydroxylation is 1. The number of aliphatic hydroxyl groups is 2. The summed E-state index contributed by atoms with van der Waals surface area (Å²) >= 11 is 0. The number of para-hydroxylation sites is 1. The largest absolute Gasteiger partial charge is 0.490 e. The van der Waals surface area contributed by atoms with Crippen molar-refractivity contribution in [3.63, 3.8) is 0 Å². The number of rotatable bonds is 14. The monoisotopic (exact) mass is 414 g/mol. The Morgan fingerprint density at radius 3 is 2.33 bits per heavy atom. The maximum Gasteiger partial charge on any atom is 0.125 e. The Kier molecular flexibility index (Phi) is 10.7. The van der Waals surface area contributed by atoms with Crippen LogP contribution in [0.3, 0.4) is 0 Å². The first-order chi connectivity index (χ1) is 14.6. The Hall–Kier alpha value is -2.08. The van der Waals surface area contributed by atoms with Gasteiger partial charge in [0.25, 0.3) is 0 Å². The van der Waals surface area contributed by atoms with Crippen LogP contribution in [0.1, 0.15) is 50.8 Å². The van der Waals surface area contributed by atoms with E-state index in [4.69, 9.17) is 4.74 Å². The van der Waals surface area contributed by atoms with Crippen molar-refractivity contribution < 1.29 is 14.9 Å². The lowest BCUT2D eigenvalue weighted by atomic mass is 10.0. The van der Waals surface area contributed by atoms with Crippen LogP contribution in [-0.4, -0.2) is 49.1 Å². The molecule has 0 amide bonds. The van der Waals surface area contributed by atoms with Gasteiger partial charge in [-0.05, 0) is 63.4 Å². The van der Waals surface area contributed by atoms with Gasteiger partial charge in [-0.3, -0.25) is 0 Å². The Bertz CT molecular complexity index is 717. The van der Waals surface area contributed by atoms with Crippen molar-refractivity contribution in [1.29, 1.82) is 0 Å². The summed E-state index contributed by atoms with van der Waals surface area (Å²) in [5.74, 6) is 0.636. The molecule has 2 unspecified atom stereocenters. The Balaban J connectivity index is 1.90. The van der Waals surface area contributed by atoms with Crippen LogP contribution in [0.25, 0.3) is 0 Å². The molecule has 166 valence electrons. The zero-order chi connectivity index (χ0) is 21.8. The number of hydrogen-bond donors (Lipinski definition) is 3. The Morgan fingerprint density at radius 1 is 0.967 bits per heavy atom. The second-order valence-corrected chi connectivity index (χ2v) is 7.60. The van der Waals surface area contributed by atoms with Crippen LogP contribution in [0.4, 0.5) is 5.69 Å². The lowest BCUT2D eigenvalue weighted by Crippen LogP contribution is -2.32. The molecule has 0 fully saturated rings. The quantitative estimate of drug-likeness (QED) is 0.409. The summed E-state index contributed by atoms with van der Waals surface area (Å²) in [6, 6.07) is 16.1. The molecule has 2 atom stereocenters. The molecular formula is C25H38N2O3. The number of benzene rings is 2. The molecule has 0 aliphatic carbocycles. The molecule has 30 heavy (non-hydrogen) atoms. The molecule has 0 aromatic heterocycles. The fraction of sp³-hybridized carbons (Fsp3) is 0.520. The lowest BCUT2D eigenvalue weighted by Gasteiger charge is -2.21. The summed E-state index contributed by atoms with van der Waals surface area (Å²) in [6.45, 7) is 9.98. The molecular weight excluding hydrogens is 376 g/mol. The maximum atomic E-state index is 10.8. The SMILES string of the molecule is CCCNCC(O)COc1ccccc1C(O)CCc1ccc(N(CC)CC)cc1. The van der Waals surface area contributed by atoms with Crippen molar-refractivity contribution in [2.45, 2.75) is 52.2 Å². The van der Waals surface area contributed by atoms with Gasteiger partial charge in [0.15, 0.2) is 0 Å². The van der Waals surface area contributed by atoms with Gasteiger partial charge in [0.05, 0.1) is 6.10 Å². The Morgan fingerprint density at radius 2 is 1.67 bits per heavy atom. The lowest BCUT2D eigenvalue weighted by molar-refractivity contribution is 0.102. The number of hydrogen-bond acceptors (Lipinski definition) is 5. The molecule has 0 saturated carbocycles. The van der Waals surface area contributed by atoms with Crippen molar-refractivity contribution >= 4 is 5.69 Å². The van der Waals surface area contributed by atoms with Crippen LogP contribution in [0.5, 0.6) is 5.75 Å². The van der Waals surface area contributed by atoms with Gasteiger partial charge in [-0.25, -0.2) is 0 Å². The van der Waals surface area contributed by atoms with Crippen molar-refractivity contribution in [3.8, 4) is 5.75 Å². The van der Waals surface area contributed by atoms with E-state index >= 15 is 0 Å². The van der Waals surface area contributed by atoms with Crippen LogP contribution in [0, 0.1) is 0 Å². The van der Waals surface area contributed by atoms with E-state index in [2.05, 4.69) is 55.3 Å². The second kappa shape index (κ2) is 13.3. The summed E-state index contributed by atoms with van der Waals surface area (Å²) in [5, 5.41) is 24.0. The van der Waals surface area contributed by atoms with E-state index in [1.54, 1.807) is 0 Å². The highest BCUT2D eigenvalue weighted by molar-refractivity contribution is 5.47. The summed E-state index contributed by atoms with van der Waals surface area (Å²) in [6.07, 6.45) is 1.24. The molecule has 0 spiro atoms. The van der Waals surface area contributed by atoms with Gasteiger partial charge < -0.3 is 25.2 Å². The third kappa shape index (κ3) is 7.63. The first-order valence-corrected chi connectivity index (χ1v) is 11.2. The number of nitrogens with zero attached hydrogens (tertiary/aromatic N) is 1. The molecule has 0 heterocycles. The van der Waals surface area contributed by atoms with E-state index in [-0.39, 0.29) is 6.61 Å². The minimum atomic E-state index is -0.612. The number of aliphatic hydroxyl groups excluding tert-OH is 2. The van der Waals surface area contributed by atoms with Crippen molar-refractivity contribution in [2.75, 3.05) is 37.7 Å². The van der Waals surface area contributed by atoms with E-state index in [1.807, 2.05) is 24.3 Å². The van der Waals surface area contributed by atoms with Crippen molar-refractivity contribution in [3.05, 3.63) is 59.7 Å². The highest BCUT2D eigenvalue weighted by Gasteiger charge is 2.15. The fourth-order valence-electron chi connectivity index (χ4n) is 3.50. The standard InChI is InChI=1S/C25H38N2O3/c1-4-17-26-18-22(28)19-30-25-10-8-7-9-23(25)24(29)16-13-20-11-14-21(15-12-20)27(5-2)6-3/h7-12,14-15,22,24,26,28-29H,4-6,13,16-19H2,1-3H3. The van der Waals surface area contributed by atoms with E-state index in [1.165, 1.54) is 11.3 Å². The second-order valence-electron chi connectivity index (χ2n) is 7.60. The minimum Gasteiger partial charge on any atom is -0.490 e. The predicted molar refractivity (Wildman–Crippen MR) is 124 cm³/mol. The molecule has 0 bridgehead atoms. The average Bonchev–Trinajstić information content (AvgIpc) is 2.78. The fourth-order valence-corrected chi connectivity index (χ4v) is 3.50. The zero-order valence-corrected chi connectivity index (χ0v) is 18.7. The van der Waals surface area contributed by atoms with E-state index in [0.717, 1.165) is 38.0 Å². The average molecular weight is 415 g/mol. The molecule has 0 aliphatic rings. The third-order valence-corrected chi connectivity index (χ3v) is 5.29.